The molecule has 2 aromatic heterocycles. The fraction of sp³-hybridized carbons (Fsp3) is 0.360. The molecule has 2 heterocycles. The van der Waals surface area contributed by atoms with Gasteiger partial charge in [0.05, 0.1) is 23.9 Å². The van der Waals surface area contributed by atoms with E-state index in [-0.39, 0.29) is 0 Å². The molecule has 3 aromatic rings. The van der Waals surface area contributed by atoms with Crippen molar-refractivity contribution >= 4 is 34.2 Å². The molecule has 1 aliphatic carbocycles. The minimum Gasteiger partial charge on any atom is -0.465 e. The van der Waals surface area contributed by atoms with Crippen LogP contribution in [0.1, 0.15) is 62.3 Å². The smallest absolute Gasteiger partial charge is 0.341 e. The number of anilines is 1. The first-order chi connectivity index (χ1) is 16.3. The van der Waals surface area contributed by atoms with Crippen LogP contribution in [0.4, 0.5) is 5.00 Å². The number of H-pyrrole nitrogens is 1. The SMILES string of the molecule is COC(=O)c1c(NC(=O)C(C)OC(=O)c2ccc(-c3nc(C)c(C)[nH]3)cc2)sc2c1CCCC2. The van der Waals surface area contributed by atoms with Gasteiger partial charge in [-0.2, -0.15) is 0 Å². The lowest BCUT2D eigenvalue weighted by molar-refractivity contribution is -0.123. The van der Waals surface area contributed by atoms with Crippen molar-refractivity contribution in [3.05, 3.63) is 57.2 Å². The number of ether oxygens (including phenoxy) is 2. The Bertz CT molecular complexity index is 1220. The molecule has 0 fully saturated rings. The summed E-state index contributed by atoms with van der Waals surface area (Å²) in [6.07, 6.45) is 2.65. The zero-order valence-corrected chi connectivity index (χ0v) is 20.4. The maximum absolute atomic E-state index is 12.8. The number of fused-ring (bicyclic) bond motifs is 1. The van der Waals surface area contributed by atoms with Crippen LogP contribution in [0.3, 0.4) is 0 Å². The largest absolute Gasteiger partial charge is 0.465 e. The van der Waals surface area contributed by atoms with E-state index >= 15 is 0 Å². The molecule has 1 amide bonds. The lowest BCUT2D eigenvalue weighted by atomic mass is 9.95. The Kier molecular flexibility index (Phi) is 6.83. The van der Waals surface area contributed by atoms with E-state index in [1.807, 2.05) is 13.8 Å². The number of carbonyl (C=O) groups is 3. The Morgan fingerprint density at radius 3 is 2.44 bits per heavy atom. The van der Waals surface area contributed by atoms with Crippen molar-refractivity contribution in [2.45, 2.75) is 52.6 Å². The molecule has 1 unspecified atom stereocenters. The zero-order chi connectivity index (χ0) is 24.4. The number of carbonyl (C=O) groups excluding carboxylic acids is 3. The van der Waals surface area contributed by atoms with Crippen molar-refractivity contribution in [2.75, 3.05) is 12.4 Å². The Labute approximate surface area is 201 Å². The average molecular weight is 482 g/mol. The molecule has 1 aliphatic rings. The number of aromatic amines is 1. The van der Waals surface area contributed by atoms with Gasteiger partial charge < -0.3 is 19.8 Å². The van der Waals surface area contributed by atoms with Crippen molar-refractivity contribution < 1.29 is 23.9 Å². The van der Waals surface area contributed by atoms with E-state index in [1.54, 1.807) is 24.3 Å². The standard InChI is InChI=1S/C25H27N3O5S/c1-13-14(2)27-21(26-13)16-9-11-17(12-10-16)24(30)33-15(3)22(29)28-23-20(25(31)32-4)18-7-5-6-8-19(18)34-23/h9-12,15H,5-8H2,1-4H3,(H,26,27)(H,28,29). The minimum absolute atomic E-state index is 0.324. The number of benzene rings is 1. The lowest BCUT2D eigenvalue weighted by Gasteiger charge is -2.14. The van der Waals surface area contributed by atoms with Crippen LogP contribution >= 0.6 is 11.3 Å². The van der Waals surface area contributed by atoms with Crippen molar-refractivity contribution in [3.8, 4) is 11.4 Å². The normalized spacial score (nSPS) is 13.6. The molecule has 0 bridgehead atoms. The second kappa shape index (κ2) is 9.80. The molecule has 0 spiro atoms. The highest BCUT2D eigenvalue weighted by Gasteiger charge is 2.28. The summed E-state index contributed by atoms with van der Waals surface area (Å²) in [6.45, 7) is 5.37. The van der Waals surface area contributed by atoms with Crippen LogP contribution in [0.5, 0.6) is 0 Å². The minimum atomic E-state index is -1.05. The van der Waals surface area contributed by atoms with Crippen LogP contribution < -0.4 is 5.32 Å². The third-order valence-corrected chi connectivity index (χ3v) is 7.18. The molecule has 8 nitrogen and oxygen atoms in total. The molecule has 34 heavy (non-hydrogen) atoms. The molecule has 1 atom stereocenters. The van der Waals surface area contributed by atoms with Gasteiger partial charge in [0, 0.05) is 16.1 Å². The molecule has 0 aliphatic heterocycles. The summed E-state index contributed by atoms with van der Waals surface area (Å²) in [6, 6.07) is 6.83. The van der Waals surface area contributed by atoms with Gasteiger partial charge >= 0.3 is 11.9 Å². The Morgan fingerprint density at radius 1 is 1.09 bits per heavy atom. The second-order valence-electron chi connectivity index (χ2n) is 8.32. The number of rotatable bonds is 6. The first-order valence-electron chi connectivity index (χ1n) is 11.2. The number of nitrogens with zero attached hydrogens (tertiary/aromatic N) is 1. The maximum Gasteiger partial charge on any atom is 0.341 e. The number of aryl methyl sites for hydroxylation is 3. The molecule has 4 rings (SSSR count). The van der Waals surface area contributed by atoms with E-state index in [9.17, 15) is 14.4 Å². The quantitative estimate of drug-likeness (QED) is 0.498. The Balaban J connectivity index is 1.43. The summed E-state index contributed by atoms with van der Waals surface area (Å²) < 4.78 is 10.3. The van der Waals surface area contributed by atoms with Crippen LogP contribution in [0.2, 0.25) is 0 Å². The summed E-state index contributed by atoms with van der Waals surface area (Å²) in [4.78, 5) is 46.5. The number of hydrogen-bond acceptors (Lipinski definition) is 7. The van der Waals surface area contributed by atoms with Crippen LogP contribution in [0.25, 0.3) is 11.4 Å². The molecular weight excluding hydrogens is 454 g/mol. The van der Waals surface area contributed by atoms with Gasteiger partial charge in [0.1, 0.15) is 10.8 Å². The van der Waals surface area contributed by atoms with Gasteiger partial charge in [0.25, 0.3) is 5.91 Å². The van der Waals surface area contributed by atoms with E-state index in [0.29, 0.717) is 16.1 Å². The van der Waals surface area contributed by atoms with Crippen LogP contribution in [0, 0.1) is 13.8 Å². The third kappa shape index (κ3) is 4.75. The van der Waals surface area contributed by atoms with E-state index < -0.39 is 23.9 Å². The Morgan fingerprint density at radius 2 is 1.79 bits per heavy atom. The zero-order valence-electron chi connectivity index (χ0n) is 19.6. The molecule has 0 saturated heterocycles. The number of imidazole rings is 1. The van der Waals surface area contributed by atoms with Gasteiger partial charge in [-0.25, -0.2) is 14.6 Å². The number of amides is 1. The summed E-state index contributed by atoms with van der Waals surface area (Å²) in [5, 5.41) is 3.21. The topological polar surface area (TPSA) is 110 Å². The molecule has 178 valence electrons. The molecule has 0 radical (unpaired) electrons. The van der Waals surface area contributed by atoms with Gasteiger partial charge in [-0.05, 0) is 64.2 Å². The van der Waals surface area contributed by atoms with Crippen LogP contribution in [-0.2, 0) is 27.1 Å². The highest BCUT2D eigenvalue weighted by molar-refractivity contribution is 7.17. The van der Waals surface area contributed by atoms with Crippen molar-refractivity contribution in [1.29, 1.82) is 0 Å². The second-order valence-corrected chi connectivity index (χ2v) is 9.42. The predicted molar refractivity (Wildman–Crippen MR) is 129 cm³/mol. The fourth-order valence-corrected chi connectivity index (χ4v) is 5.20. The third-order valence-electron chi connectivity index (χ3n) is 5.97. The van der Waals surface area contributed by atoms with Gasteiger partial charge in [0.15, 0.2) is 6.10 Å². The van der Waals surface area contributed by atoms with E-state index in [0.717, 1.165) is 58.9 Å². The Hall–Kier alpha value is -3.46. The number of aromatic nitrogens is 2. The first-order valence-corrected chi connectivity index (χ1v) is 12.0. The molecule has 0 saturated carbocycles. The molecule has 2 N–H and O–H groups in total. The van der Waals surface area contributed by atoms with Crippen molar-refractivity contribution in [1.82, 2.24) is 9.97 Å². The molecule has 1 aromatic carbocycles. The summed E-state index contributed by atoms with van der Waals surface area (Å²) in [5.41, 5.74) is 4.43. The molecular formula is C25H27N3O5S. The van der Waals surface area contributed by atoms with Crippen LogP contribution in [0.15, 0.2) is 24.3 Å². The first kappa shape index (κ1) is 23.7. The van der Waals surface area contributed by atoms with Gasteiger partial charge in [-0.15, -0.1) is 11.3 Å². The average Bonchev–Trinajstić information content (AvgIpc) is 3.37. The van der Waals surface area contributed by atoms with Gasteiger partial charge in [-0.1, -0.05) is 12.1 Å². The summed E-state index contributed by atoms with van der Waals surface area (Å²) >= 11 is 1.39. The number of nitrogens with one attached hydrogen (secondary N) is 2. The van der Waals surface area contributed by atoms with Crippen molar-refractivity contribution in [2.24, 2.45) is 0 Å². The highest BCUT2D eigenvalue weighted by atomic mass is 32.1. The fourth-order valence-electron chi connectivity index (χ4n) is 3.92. The molecule has 9 heteroatoms. The summed E-state index contributed by atoms with van der Waals surface area (Å²) in [5.74, 6) is -0.862. The van der Waals surface area contributed by atoms with E-state index in [1.165, 1.54) is 25.4 Å². The van der Waals surface area contributed by atoms with Gasteiger partial charge in [-0.3, -0.25) is 4.79 Å². The monoisotopic (exact) mass is 481 g/mol. The predicted octanol–water partition coefficient (Wildman–Crippen LogP) is 4.60. The van der Waals surface area contributed by atoms with Crippen molar-refractivity contribution in [3.63, 3.8) is 0 Å². The van der Waals surface area contributed by atoms with Gasteiger partial charge in [0.2, 0.25) is 0 Å². The number of thiophene rings is 1. The van der Waals surface area contributed by atoms with E-state index in [4.69, 9.17) is 9.47 Å². The summed E-state index contributed by atoms with van der Waals surface area (Å²) in [7, 11) is 1.32. The highest BCUT2D eigenvalue weighted by Crippen LogP contribution is 2.38. The van der Waals surface area contributed by atoms with Crippen LogP contribution in [-0.4, -0.2) is 41.0 Å². The lowest BCUT2D eigenvalue weighted by Crippen LogP contribution is -2.30. The maximum atomic E-state index is 12.8. The number of methoxy groups -OCH3 is 1. The number of esters is 2. The number of hydrogen-bond donors (Lipinski definition) is 2. The van der Waals surface area contributed by atoms with E-state index in [2.05, 4.69) is 15.3 Å².